The van der Waals surface area contributed by atoms with Crippen LogP contribution < -0.4 is 5.73 Å². The van der Waals surface area contributed by atoms with Gasteiger partial charge in [0.1, 0.15) is 13.8 Å². The summed E-state index contributed by atoms with van der Waals surface area (Å²) >= 11 is 5.87. The van der Waals surface area contributed by atoms with Crippen molar-refractivity contribution in [2.75, 3.05) is 5.73 Å². The molecule has 0 spiro atoms. The molecule has 0 aromatic carbocycles. The molecule has 0 bridgehead atoms. The molecule has 30 heavy (non-hydrogen) atoms. The fraction of sp³-hybridized carbons (Fsp3) is 0.238. The fourth-order valence-electron chi connectivity index (χ4n) is 2.15. The molecule has 0 aliphatic carbocycles. The molecule has 162 valence electrons. The number of H-pyrrole nitrogens is 1. The first-order chi connectivity index (χ1) is 14.1. The number of rotatable bonds is 2. The van der Waals surface area contributed by atoms with E-state index in [1.54, 1.807) is 32.6 Å². The molecule has 0 saturated carbocycles. The summed E-state index contributed by atoms with van der Waals surface area (Å²) in [5, 5.41) is 0. The summed E-state index contributed by atoms with van der Waals surface area (Å²) in [6, 6.07) is 5.31. The maximum atomic E-state index is 11.1. The van der Waals surface area contributed by atoms with Gasteiger partial charge < -0.3 is 10.7 Å². The van der Waals surface area contributed by atoms with Crippen LogP contribution >= 0.6 is 20.3 Å². The van der Waals surface area contributed by atoms with Gasteiger partial charge in [0.25, 0.3) is 0 Å². The van der Waals surface area contributed by atoms with Crippen molar-refractivity contribution in [1.82, 2.24) is 15.0 Å². The second kappa shape index (κ2) is 12.0. The minimum atomic E-state index is -1.42. The summed E-state index contributed by atoms with van der Waals surface area (Å²) in [7, 11) is -1.42. The number of nitrogens with one attached hydrogen (secondary N) is 1. The Hall–Kier alpha value is -1.99. The number of carbonyl (C=O) groups is 2. The second-order valence-corrected chi connectivity index (χ2v) is 12.2. The number of hydrogen-bond donors (Lipinski definition) is 2. The van der Waals surface area contributed by atoms with Crippen LogP contribution in [0.2, 0.25) is 19.6 Å². The summed E-state index contributed by atoms with van der Waals surface area (Å²) in [6.07, 6.45) is 4.92. The van der Waals surface area contributed by atoms with Crippen molar-refractivity contribution >= 4 is 56.7 Å². The molecule has 0 fully saturated rings. The van der Waals surface area contributed by atoms with Gasteiger partial charge >= 0.3 is 33.1 Å². The molecule has 0 aliphatic heterocycles. The van der Waals surface area contributed by atoms with Gasteiger partial charge in [0.15, 0.2) is 11.6 Å². The molecular formula is C21H24CuIN4O2Si. The molecule has 0 saturated heterocycles. The van der Waals surface area contributed by atoms with Crippen LogP contribution in [0.25, 0.3) is 11.0 Å². The summed E-state index contributed by atoms with van der Waals surface area (Å²) in [5.41, 5.74) is 13.0. The van der Waals surface area contributed by atoms with Crippen LogP contribution in [0, 0.1) is 11.5 Å². The van der Waals surface area contributed by atoms with E-state index in [2.05, 4.69) is 58.8 Å². The number of nitrogen functional groups attached to an aromatic ring is 1. The molecule has 3 heterocycles. The molecule has 0 amide bonds. The second-order valence-electron chi connectivity index (χ2n) is 7.41. The summed E-state index contributed by atoms with van der Waals surface area (Å²) in [5.74, 6) is 2.99. The monoisotopic (exact) mass is 582 g/mol. The van der Waals surface area contributed by atoms with E-state index in [0.29, 0.717) is 22.5 Å². The molecule has 0 aliphatic rings. The Morgan fingerprint density at radius 3 is 2.17 bits per heavy atom. The third-order valence-electron chi connectivity index (χ3n) is 3.68. The molecule has 3 N–H and O–H groups in total. The van der Waals surface area contributed by atoms with Crippen LogP contribution in [0.5, 0.6) is 0 Å². The van der Waals surface area contributed by atoms with Crippen LogP contribution in [0.1, 0.15) is 40.3 Å². The van der Waals surface area contributed by atoms with Crippen molar-refractivity contribution in [1.29, 1.82) is 0 Å². The van der Waals surface area contributed by atoms with E-state index in [4.69, 9.17) is 5.73 Å². The van der Waals surface area contributed by atoms with Gasteiger partial charge in [0, 0.05) is 29.7 Å². The number of nitrogens with zero attached hydrogens (tertiary/aromatic N) is 2. The van der Waals surface area contributed by atoms with E-state index >= 15 is 0 Å². The SMILES string of the molecule is CC(=O)c1cnc(C#C[Si](C)(C)C)c(N)c1.CC(=O)c1cnc2cc[nH]c2c1.[Cu][I]. The number of hydrogen-bond acceptors (Lipinski definition) is 5. The first-order valence-corrected chi connectivity index (χ1v) is 15.5. The standard InChI is InChI=1S/C12H16N2OSi.C9H8N2O.Cu.HI/c1-9(15)10-7-11(13)12(14-8-10)5-6-16(2,3)4;1-6(12)7-4-9-8(11-5-7)2-3-10-9;;/h7-8H,13H2,1-4H3;2-5,10H,1H3;;1H/q;;+1;/p-1. The Kier molecular flexibility index (Phi) is 10.4. The normalized spacial score (nSPS) is 10.0. The van der Waals surface area contributed by atoms with Crippen molar-refractivity contribution in [2.45, 2.75) is 33.5 Å². The molecule has 6 nitrogen and oxygen atoms in total. The van der Waals surface area contributed by atoms with Gasteiger partial charge in [-0.25, -0.2) is 4.98 Å². The number of fused-ring (bicyclic) bond motifs is 1. The Balaban J connectivity index is 0.000000285. The molecule has 3 rings (SSSR count). The van der Waals surface area contributed by atoms with Gasteiger partial charge in [0.05, 0.1) is 16.7 Å². The van der Waals surface area contributed by atoms with Crippen molar-refractivity contribution in [3.8, 4) is 11.5 Å². The first kappa shape index (κ1) is 26.0. The van der Waals surface area contributed by atoms with E-state index < -0.39 is 8.07 Å². The van der Waals surface area contributed by atoms with Crippen molar-refractivity contribution < 1.29 is 22.4 Å². The summed E-state index contributed by atoms with van der Waals surface area (Å²) in [4.78, 5) is 33.3. The molecule has 3 aromatic rings. The average molecular weight is 583 g/mol. The molecule has 0 radical (unpaired) electrons. The third-order valence-corrected chi connectivity index (χ3v) is 4.56. The first-order valence-electron chi connectivity index (χ1n) is 8.92. The Labute approximate surface area is 197 Å². The third kappa shape index (κ3) is 8.40. The van der Waals surface area contributed by atoms with Gasteiger partial charge in [-0.3, -0.25) is 14.6 Å². The van der Waals surface area contributed by atoms with Gasteiger partial charge in [-0.15, -0.1) is 5.54 Å². The predicted molar refractivity (Wildman–Crippen MR) is 129 cm³/mol. The Bertz CT molecular complexity index is 1100. The number of ketones is 2. The van der Waals surface area contributed by atoms with E-state index in [-0.39, 0.29) is 11.6 Å². The summed E-state index contributed by atoms with van der Waals surface area (Å²) in [6.45, 7) is 9.48. The van der Waals surface area contributed by atoms with Crippen LogP contribution in [0.15, 0.2) is 36.8 Å². The maximum absolute atomic E-state index is 11.1. The van der Waals surface area contributed by atoms with Crippen molar-refractivity contribution in [2.24, 2.45) is 0 Å². The van der Waals surface area contributed by atoms with Gasteiger partial charge in [-0.05, 0) is 32.0 Å². The van der Waals surface area contributed by atoms with E-state index in [1.165, 1.54) is 20.0 Å². The molecular weight excluding hydrogens is 559 g/mol. The van der Waals surface area contributed by atoms with Gasteiger partial charge in [-0.2, -0.15) is 0 Å². The van der Waals surface area contributed by atoms with Gasteiger partial charge in [0.2, 0.25) is 0 Å². The Morgan fingerprint density at radius 2 is 1.63 bits per heavy atom. The predicted octanol–water partition coefficient (Wildman–Crippen LogP) is 4.74. The number of carbonyl (C=O) groups excluding carboxylic acids is 2. The van der Waals surface area contributed by atoms with E-state index in [1.807, 2.05) is 18.3 Å². The van der Waals surface area contributed by atoms with Crippen LogP contribution in [-0.2, 0) is 12.8 Å². The quantitative estimate of drug-likeness (QED) is 0.197. The van der Waals surface area contributed by atoms with Crippen LogP contribution in [-0.4, -0.2) is 34.6 Å². The topological polar surface area (TPSA) is 102 Å². The van der Waals surface area contributed by atoms with Crippen LogP contribution in [0.4, 0.5) is 5.69 Å². The van der Waals surface area contributed by atoms with E-state index in [0.717, 1.165) is 11.0 Å². The molecule has 9 heteroatoms. The van der Waals surface area contributed by atoms with Crippen molar-refractivity contribution in [3.63, 3.8) is 0 Å². The number of anilines is 1. The molecule has 0 atom stereocenters. The zero-order valence-electron chi connectivity index (χ0n) is 17.4. The summed E-state index contributed by atoms with van der Waals surface area (Å²) < 4.78 is 0. The fourth-order valence-corrected chi connectivity index (χ4v) is 2.65. The average Bonchev–Trinajstić information content (AvgIpc) is 3.16. The number of pyridine rings is 2. The molecule has 3 aromatic heterocycles. The van der Waals surface area contributed by atoms with Crippen LogP contribution in [0.3, 0.4) is 0 Å². The van der Waals surface area contributed by atoms with E-state index in [9.17, 15) is 9.59 Å². The molecule has 0 unspecified atom stereocenters. The number of aromatic amines is 1. The van der Waals surface area contributed by atoms with Crippen molar-refractivity contribution in [3.05, 3.63) is 53.6 Å². The minimum absolute atomic E-state index is 0.0381. The number of nitrogens with two attached hydrogens (primary N) is 1. The number of Topliss-reactive ketones (excluding diaryl/α,β-unsaturated/α-hetero) is 2. The number of aromatic nitrogens is 3. The zero-order valence-corrected chi connectivity index (χ0v) is 21.5. The van der Waals surface area contributed by atoms with Gasteiger partial charge in [-0.1, -0.05) is 25.6 Å². The zero-order chi connectivity index (χ0) is 22.9. The Morgan fingerprint density at radius 1 is 1.07 bits per heavy atom. The number of halogens is 1.